The summed E-state index contributed by atoms with van der Waals surface area (Å²) in [6, 6.07) is 4.24. The van der Waals surface area contributed by atoms with Crippen molar-refractivity contribution in [2.45, 2.75) is 38.4 Å². The number of aromatic nitrogens is 3. The smallest absolute Gasteiger partial charge is 0.367 e. The van der Waals surface area contributed by atoms with Crippen LogP contribution < -0.4 is 5.32 Å². The predicted octanol–water partition coefficient (Wildman–Crippen LogP) is 4.16. The maximum atomic E-state index is 13.1. The highest BCUT2D eigenvalue weighted by Crippen LogP contribution is 2.33. The monoisotopic (exact) mass is 322 g/mol. The fraction of sp³-hybridized carbons (Fsp3) is 0.438. The van der Waals surface area contributed by atoms with E-state index in [0.29, 0.717) is 11.5 Å². The summed E-state index contributed by atoms with van der Waals surface area (Å²) in [4.78, 5) is 11.8. The Kier molecular flexibility index (Phi) is 4.19. The highest BCUT2D eigenvalue weighted by Gasteiger charge is 2.34. The first-order valence-corrected chi connectivity index (χ1v) is 7.56. The van der Waals surface area contributed by atoms with Crippen LogP contribution in [0.25, 0.3) is 11.4 Å². The highest BCUT2D eigenvalue weighted by atomic mass is 19.4. The molecule has 1 aliphatic rings. The van der Waals surface area contributed by atoms with E-state index in [0.717, 1.165) is 18.9 Å². The van der Waals surface area contributed by atoms with Crippen LogP contribution in [0.1, 0.15) is 31.9 Å². The number of rotatable bonds is 4. The lowest BCUT2D eigenvalue weighted by molar-refractivity contribution is -0.141. The van der Waals surface area contributed by atoms with Crippen LogP contribution in [-0.2, 0) is 6.18 Å². The second-order valence-electron chi connectivity index (χ2n) is 5.82. The van der Waals surface area contributed by atoms with Gasteiger partial charge in [-0.1, -0.05) is 6.42 Å². The van der Waals surface area contributed by atoms with Gasteiger partial charge < -0.3 is 5.32 Å². The first-order chi connectivity index (χ1) is 10.9. The van der Waals surface area contributed by atoms with E-state index in [-0.39, 0.29) is 17.7 Å². The van der Waals surface area contributed by atoms with E-state index >= 15 is 0 Å². The van der Waals surface area contributed by atoms with Crippen LogP contribution in [-0.4, -0.2) is 21.0 Å². The topological polar surface area (TPSA) is 50.7 Å². The molecule has 0 bridgehead atoms. The van der Waals surface area contributed by atoms with Crippen LogP contribution in [0.2, 0.25) is 0 Å². The molecule has 1 saturated carbocycles. The van der Waals surface area contributed by atoms with Crippen molar-refractivity contribution >= 4 is 5.82 Å². The van der Waals surface area contributed by atoms with Crippen LogP contribution in [0.4, 0.5) is 19.0 Å². The molecule has 0 spiro atoms. The Hall–Kier alpha value is -2.18. The second kappa shape index (κ2) is 6.14. The first-order valence-electron chi connectivity index (χ1n) is 7.56. The largest absolute Gasteiger partial charge is 0.433 e. The third-order valence-corrected chi connectivity index (χ3v) is 4.19. The first kappa shape index (κ1) is 15.7. The van der Waals surface area contributed by atoms with Crippen LogP contribution >= 0.6 is 0 Å². The molecule has 23 heavy (non-hydrogen) atoms. The summed E-state index contributed by atoms with van der Waals surface area (Å²) in [7, 11) is 0. The Labute approximate surface area is 132 Å². The van der Waals surface area contributed by atoms with Gasteiger partial charge in [0, 0.05) is 30.1 Å². The van der Waals surface area contributed by atoms with Gasteiger partial charge in [0.25, 0.3) is 0 Å². The summed E-state index contributed by atoms with van der Waals surface area (Å²) < 4.78 is 39.3. The third-order valence-electron chi connectivity index (χ3n) is 4.19. The van der Waals surface area contributed by atoms with Crippen molar-refractivity contribution in [3.05, 3.63) is 36.3 Å². The SMILES string of the molecule is CC(Nc1cc(C(F)(F)F)nc(-c2ccncc2)n1)C1CCC1. The van der Waals surface area contributed by atoms with Crippen molar-refractivity contribution < 1.29 is 13.2 Å². The summed E-state index contributed by atoms with van der Waals surface area (Å²) >= 11 is 0. The number of hydrogen-bond acceptors (Lipinski definition) is 4. The second-order valence-corrected chi connectivity index (χ2v) is 5.82. The molecule has 0 radical (unpaired) electrons. The number of halogens is 3. The van der Waals surface area contributed by atoms with Crippen LogP contribution in [0.5, 0.6) is 0 Å². The Bertz CT molecular complexity index is 669. The highest BCUT2D eigenvalue weighted by molar-refractivity contribution is 5.57. The molecule has 1 fully saturated rings. The summed E-state index contributed by atoms with van der Waals surface area (Å²) in [5.41, 5.74) is -0.437. The van der Waals surface area contributed by atoms with Crippen molar-refractivity contribution in [1.82, 2.24) is 15.0 Å². The number of pyridine rings is 1. The fourth-order valence-corrected chi connectivity index (χ4v) is 2.59. The molecule has 2 heterocycles. The van der Waals surface area contributed by atoms with Gasteiger partial charge in [-0.2, -0.15) is 13.2 Å². The maximum absolute atomic E-state index is 13.1. The van der Waals surface area contributed by atoms with Crippen molar-refractivity contribution in [1.29, 1.82) is 0 Å². The van der Waals surface area contributed by atoms with Gasteiger partial charge in [0.2, 0.25) is 0 Å². The van der Waals surface area contributed by atoms with Crippen molar-refractivity contribution in [3.63, 3.8) is 0 Å². The van der Waals surface area contributed by atoms with Crippen LogP contribution in [0, 0.1) is 5.92 Å². The van der Waals surface area contributed by atoms with E-state index in [2.05, 4.69) is 20.3 Å². The average molecular weight is 322 g/mol. The van der Waals surface area contributed by atoms with Crippen molar-refractivity contribution in [2.24, 2.45) is 5.92 Å². The van der Waals surface area contributed by atoms with E-state index in [9.17, 15) is 13.2 Å². The molecule has 3 rings (SSSR count). The minimum absolute atomic E-state index is 0.0468. The standard InChI is InChI=1S/C16H17F3N4/c1-10(11-3-2-4-11)21-14-9-13(16(17,18)19)22-15(23-14)12-5-7-20-8-6-12/h5-11H,2-4H2,1H3,(H,21,22,23). The van der Waals surface area contributed by atoms with Crippen LogP contribution in [0.15, 0.2) is 30.6 Å². The average Bonchev–Trinajstić information content (AvgIpc) is 2.45. The Morgan fingerprint density at radius 3 is 2.43 bits per heavy atom. The van der Waals surface area contributed by atoms with Crippen molar-refractivity contribution in [2.75, 3.05) is 5.32 Å². The lowest BCUT2D eigenvalue weighted by atomic mass is 9.80. The van der Waals surface area contributed by atoms with E-state index in [4.69, 9.17) is 0 Å². The molecule has 2 aromatic heterocycles. The Morgan fingerprint density at radius 1 is 1.17 bits per heavy atom. The normalized spacial score (nSPS) is 16.7. The molecule has 1 atom stereocenters. The molecule has 4 nitrogen and oxygen atoms in total. The summed E-state index contributed by atoms with van der Waals surface area (Å²) in [6.45, 7) is 1.98. The van der Waals surface area contributed by atoms with Gasteiger partial charge in [-0.15, -0.1) is 0 Å². The molecular formula is C16H17F3N4. The molecule has 1 aliphatic carbocycles. The summed E-state index contributed by atoms with van der Waals surface area (Å²) in [5.74, 6) is 0.743. The molecule has 122 valence electrons. The fourth-order valence-electron chi connectivity index (χ4n) is 2.59. The number of hydrogen-bond donors (Lipinski definition) is 1. The summed E-state index contributed by atoms with van der Waals surface area (Å²) in [6.07, 6.45) is 1.87. The summed E-state index contributed by atoms with van der Waals surface area (Å²) in [5, 5.41) is 3.10. The lowest BCUT2D eigenvalue weighted by Gasteiger charge is -2.32. The third kappa shape index (κ3) is 3.60. The zero-order chi connectivity index (χ0) is 16.4. The minimum atomic E-state index is -4.51. The predicted molar refractivity (Wildman–Crippen MR) is 80.7 cm³/mol. The maximum Gasteiger partial charge on any atom is 0.433 e. The number of nitrogens with one attached hydrogen (secondary N) is 1. The molecule has 0 aromatic carbocycles. The molecule has 1 unspecified atom stereocenters. The van der Waals surface area contributed by atoms with E-state index in [1.165, 1.54) is 18.8 Å². The Morgan fingerprint density at radius 2 is 1.87 bits per heavy atom. The quantitative estimate of drug-likeness (QED) is 0.918. The molecule has 1 N–H and O–H groups in total. The zero-order valence-electron chi connectivity index (χ0n) is 12.6. The minimum Gasteiger partial charge on any atom is -0.367 e. The van der Waals surface area contributed by atoms with Gasteiger partial charge in [0.05, 0.1) is 0 Å². The van der Waals surface area contributed by atoms with E-state index < -0.39 is 11.9 Å². The van der Waals surface area contributed by atoms with Crippen LogP contribution in [0.3, 0.4) is 0 Å². The van der Waals surface area contributed by atoms with Gasteiger partial charge in [-0.25, -0.2) is 9.97 Å². The van der Waals surface area contributed by atoms with Crippen molar-refractivity contribution in [3.8, 4) is 11.4 Å². The Balaban J connectivity index is 1.94. The molecule has 0 amide bonds. The van der Waals surface area contributed by atoms with E-state index in [1.54, 1.807) is 12.1 Å². The zero-order valence-corrected chi connectivity index (χ0v) is 12.6. The molecule has 0 saturated heterocycles. The number of anilines is 1. The van der Waals surface area contributed by atoms with Gasteiger partial charge in [-0.3, -0.25) is 4.98 Å². The lowest BCUT2D eigenvalue weighted by Crippen LogP contribution is -2.31. The molecule has 0 aliphatic heterocycles. The molecule has 7 heteroatoms. The molecule has 2 aromatic rings. The van der Waals surface area contributed by atoms with Gasteiger partial charge in [-0.05, 0) is 37.8 Å². The molecular weight excluding hydrogens is 305 g/mol. The van der Waals surface area contributed by atoms with Gasteiger partial charge in [0.15, 0.2) is 11.5 Å². The van der Waals surface area contributed by atoms with Gasteiger partial charge in [0.1, 0.15) is 5.82 Å². The number of alkyl halides is 3. The van der Waals surface area contributed by atoms with E-state index in [1.807, 2.05) is 6.92 Å². The van der Waals surface area contributed by atoms with Gasteiger partial charge >= 0.3 is 6.18 Å². The number of nitrogens with zero attached hydrogens (tertiary/aromatic N) is 3.